The van der Waals surface area contributed by atoms with Crippen molar-refractivity contribution in [3.8, 4) is 0 Å². The number of hydrogen-bond donors (Lipinski definition) is 1. The van der Waals surface area contributed by atoms with Crippen molar-refractivity contribution in [1.82, 2.24) is 0 Å². The molecule has 0 bridgehead atoms. The summed E-state index contributed by atoms with van der Waals surface area (Å²) in [5, 5.41) is 11.7. The van der Waals surface area contributed by atoms with Crippen LogP contribution in [0.25, 0.3) is 0 Å². The number of aryl methyl sites for hydroxylation is 1. The second-order valence-corrected chi connectivity index (χ2v) is 5.99. The first-order valence-corrected chi connectivity index (χ1v) is 6.98. The van der Waals surface area contributed by atoms with Crippen molar-refractivity contribution >= 4 is 23.2 Å². The zero-order chi connectivity index (χ0) is 14.9. The third-order valence-electron chi connectivity index (χ3n) is 3.34. The van der Waals surface area contributed by atoms with Gasteiger partial charge in [-0.05, 0) is 54.8 Å². The molecule has 1 unspecified atom stereocenters. The molecule has 1 nitrogen and oxygen atoms in total. The van der Waals surface area contributed by atoms with Crippen LogP contribution in [0.1, 0.15) is 23.6 Å². The molecule has 0 fully saturated rings. The molecule has 0 aliphatic carbocycles. The third-order valence-corrected chi connectivity index (χ3v) is 3.94. The summed E-state index contributed by atoms with van der Waals surface area (Å²) < 4.78 is 13.6. The first-order valence-electron chi connectivity index (χ1n) is 6.22. The molecule has 0 saturated carbocycles. The summed E-state index contributed by atoms with van der Waals surface area (Å²) in [7, 11) is 0. The van der Waals surface area contributed by atoms with E-state index in [1.807, 2.05) is 0 Å². The van der Waals surface area contributed by atoms with E-state index in [0.29, 0.717) is 21.2 Å². The van der Waals surface area contributed by atoms with E-state index in [9.17, 15) is 9.50 Å². The monoisotopic (exact) mass is 312 g/mol. The Labute approximate surface area is 128 Å². The van der Waals surface area contributed by atoms with Crippen LogP contribution in [0.5, 0.6) is 0 Å². The minimum atomic E-state index is -1.22. The Morgan fingerprint density at radius 2 is 1.85 bits per heavy atom. The first-order chi connectivity index (χ1) is 9.29. The SMILES string of the molecule is Cc1ccc(C(C)(O)Cc2cc(Cl)ccc2Cl)cc1F. The standard InChI is InChI=1S/C16H15Cl2FO/c1-10-3-4-12(8-15(10)19)16(2,20)9-11-7-13(17)5-6-14(11)18/h3-8,20H,9H2,1-2H3. The van der Waals surface area contributed by atoms with Crippen molar-refractivity contribution in [2.24, 2.45) is 0 Å². The predicted molar refractivity (Wildman–Crippen MR) is 80.9 cm³/mol. The lowest BCUT2D eigenvalue weighted by atomic mass is 9.88. The maximum Gasteiger partial charge on any atom is 0.126 e. The molecule has 0 radical (unpaired) electrons. The molecule has 0 amide bonds. The summed E-state index contributed by atoms with van der Waals surface area (Å²) in [5.74, 6) is -0.333. The largest absolute Gasteiger partial charge is 0.385 e. The second kappa shape index (κ2) is 5.72. The first kappa shape index (κ1) is 15.3. The van der Waals surface area contributed by atoms with Gasteiger partial charge in [0.1, 0.15) is 5.82 Å². The number of aliphatic hydroxyl groups is 1. The zero-order valence-corrected chi connectivity index (χ0v) is 12.8. The van der Waals surface area contributed by atoms with Gasteiger partial charge >= 0.3 is 0 Å². The van der Waals surface area contributed by atoms with Gasteiger partial charge in [0.2, 0.25) is 0 Å². The lowest BCUT2D eigenvalue weighted by molar-refractivity contribution is 0.0573. The van der Waals surface area contributed by atoms with Gasteiger partial charge in [0, 0.05) is 16.5 Å². The lowest BCUT2D eigenvalue weighted by Gasteiger charge is -2.25. The second-order valence-electron chi connectivity index (χ2n) is 5.15. The molecule has 0 aliphatic heterocycles. The van der Waals surface area contributed by atoms with Gasteiger partial charge in [-0.1, -0.05) is 35.3 Å². The molecular formula is C16H15Cl2FO. The van der Waals surface area contributed by atoms with E-state index in [0.717, 1.165) is 5.56 Å². The van der Waals surface area contributed by atoms with Gasteiger partial charge in [-0.2, -0.15) is 0 Å². The van der Waals surface area contributed by atoms with Crippen LogP contribution in [-0.4, -0.2) is 5.11 Å². The number of rotatable bonds is 3. The topological polar surface area (TPSA) is 20.2 Å². The molecule has 4 heteroatoms. The van der Waals surface area contributed by atoms with E-state index < -0.39 is 5.60 Å². The van der Waals surface area contributed by atoms with Gasteiger partial charge in [0.25, 0.3) is 0 Å². The molecule has 106 valence electrons. The van der Waals surface area contributed by atoms with Crippen molar-refractivity contribution in [3.05, 3.63) is 69.0 Å². The van der Waals surface area contributed by atoms with E-state index >= 15 is 0 Å². The van der Waals surface area contributed by atoms with E-state index in [1.54, 1.807) is 44.2 Å². The summed E-state index contributed by atoms with van der Waals surface area (Å²) >= 11 is 12.0. The predicted octanol–water partition coefficient (Wildman–Crippen LogP) is 4.89. The molecule has 20 heavy (non-hydrogen) atoms. The highest BCUT2D eigenvalue weighted by atomic mass is 35.5. The number of benzene rings is 2. The Morgan fingerprint density at radius 1 is 1.15 bits per heavy atom. The average molecular weight is 313 g/mol. The molecule has 0 heterocycles. The highest BCUT2D eigenvalue weighted by molar-refractivity contribution is 6.33. The van der Waals surface area contributed by atoms with Crippen LogP contribution in [0.15, 0.2) is 36.4 Å². The van der Waals surface area contributed by atoms with E-state index in [1.165, 1.54) is 6.07 Å². The van der Waals surface area contributed by atoms with Crippen molar-refractivity contribution in [1.29, 1.82) is 0 Å². The zero-order valence-electron chi connectivity index (χ0n) is 11.3. The minimum Gasteiger partial charge on any atom is -0.385 e. The molecule has 0 aliphatic rings. The van der Waals surface area contributed by atoms with Gasteiger partial charge < -0.3 is 5.11 Å². The van der Waals surface area contributed by atoms with Crippen molar-refractivity contribution < 1.29 is 9.50 Å². The molecule has 2 rings (SSSR count). The van der Waals surface area contributed by atoms with Crippen LogP contribution in [-0.2, 0) is 12.0 Å². The molecule has 1 atom stereocenters. The minimum absolute atomic E-state index is 0.259. The highest BCUT2D eigenvalue weighted by Crippen LogP contribution is 2.30. The molecule has 0 aromatic heterocycles. The van der Waals surface area contributed by atoms with E-state index in [-0.39, 0.29) is 12.2 Å². The summed E-state index contributed by atoms with van der Waals surface area (Å²) in [6.45, 7) is 3.32. The summed E-state index contributed by atoms with van der Waals surface area (Å²) in [5.41, 5.74) is 0.565. The number of hydrogen-bond acceptors (Lipinski definition) is 1. The quantitative estimate of drug-likeness (QED) is 0.855. The van der Waals surface area contributed by atoms with Crippen LogP contribution < -0.4 is 0 Å². The van der Waals surface area contributed by atoms with E-state index in [4.69, 9.17) is 23.2 Å². The van der Waals surface area contributed by atoms with Crippen molar-refractivity contribution in [3.63, 3.8) is 0 Å². The van der Waals surface area contributed by atoms with Gasteiger partial charge in [-0.15, -0.1) is 0 Å². The fraction of sp³-hybridized carbons (Fsp3) is 0.250. The summed E-state index contributed by atoms with van der Waals surface area (Å²) in [4.78, 5) is 0. The van der Waals surface area contributed by atoms with Gasteiger partial charge in [0.15, 0.2) is 0 Å². The smallest absolute Gasteiger partial charge is 0.126 e. The Morgan fingerprint density at radius 3 is 2.50 bits per heavy atom. The Bertz CT molecular complexity index is 638. The average Bonchev–Trinajstić information content (AvgIpc) is 2.36. The highest BCUT2D eigenvalue weighted by Gasteiger charge is 2.25. The molecule has 1 N–H and O–H groups in total. The summed E-state index contributed by atoms with van der Waals surface area (Å²) in [6, 6.07) is 9.81. The molecule has 0 spiro atoms. The van der Waals surface area contributed by atoms with Crippen molar-refractivity contribution in [2.45, 2.75) is 25.9 Å². The molecule has 0 saturated heterocycles. The van der Waals surface area contributed by atoms with E-state index in [2.05, 4.69) is 0 Å². The Hall–Kier alpha value is -1.09. The van der Waals surface area contributed by atoms with Gasteiger partial charge in [-0.3, -0.25) is 0 Å². The normalized spacial score (nSPS) is 14.1. The number of halogens is 3. The van der Waals surface area contributed by atoms with Crippen molar-refractivity contribution in [2.75, 3.05) is 0 Å². The maximum absolute atomic E-state index is 13.6. The van der Waals surface area contributed by atoms with Crippen LogP contribution in [0.3, 0.4) is 0 Å². The van der Waals surface area contributed by atoms with Gasteiger partial charge in [-0.25, -0.2) is 4.39 Å². The van der Waals surface area contributed by atoms with Crippen LogP contribution in [0.4, 0.5) is 4.39 Å². The Kier molecular flexibility index (Phi) is 4.38. The molecular weight excluding hydrogens is 298 g/mol. The van der Waals surface area contributed by atoms with Crippen LogP contribution in [0.2, 0.25) is 10.0 Å². The van der Waals surface area contributed by atoms with Crippen LogP contribution in [0, 0.1) is 12.7 Å². The fourth-order valence-electron chi connectivity index (χ4n) is 2.08. The van der Waals surface area contributed by atoms with Gasteiger partial charge in [0.05, 0.1) is 5.60 Å². The maximum atomic E-state index is 13.6. The molecule has 2 aromatic carbocycles. The Balaban J connectivity index is 2.34. The third kappa shape index (κ3) is 3.32. The molecule has 2 aromatic rings. The lowest BCUT2D eigenvalue weighted by Crippen LogP contribution is -2.24. The summed E-state index contributed by atoms with van der Waals surface area (Å²) in [6.07, 6.45) is 0.259. The van der Waals surface area contributed by atoms with Crippen LogP contribution >= 0.6 is 23.2 Å². The fourth-order valence-corrected chi connectivity index (χ4v) is 2.46.